The molecule has 0 atom stereocenters. The molecule has 156 valence electrons. The van der Waals surface area contributed by atoms with Crippen LogP contribution in [0.25, 0.3) is 0 Å². The van der Waals surface area contributed by atoms with Gasteiger partial charge in [-0.3, -0.25) is 9.59 Å². The molecule has 3 rings (SSSR count). The first-order valence-corrected chi connectivity index (χ1v) is 11.7. The molecule has 1 amide bonds. The number of amides is 1. The maximum atomic E-state index is 12.3. The first-order valence-electron chi connectivity index (χ1n) is 9.56. The average molecular weight is 442 g/mol. The molecule has 0 aliphatic rings. The Balaban J connectivity index is 1.50. The van der Waals surface area contributed by atoms with Gasteiger partial charge in [-0.2, -0.15) is 11.8 Å². The van der Waals surface area contributed by atoms with Crippen LogP contribution in [0.4, 0.5) is 5.69 Å². The molecule has 3 aromatic rings. The van der Waals surface area contributed by atoms with Crippen molar-refractivity contribution in [3.63, 3.8) is 0 Å². The summed E-state index contributed by atoms with van der Waals surface area (Å²) in [6.07, 6.45) is 1.08. The third kappa shape index (κ3) is 7.27. The zero-order chi connectivity index (χ0) is 21.2. The third-order valence-corrected chi connectivity index (χ3v) is 5.90. The summed E-state index contributed by atoms with van der Waals surface area (Å²) in [5, 5.41) is 3.29. The van der Waals surface area contributed by atoms with Crippen molar-refractivity contribution >= 4 is 35.1 Å². The molecule has 0 fully saturated rings. The van der Waals surface area contributed by atoms with Gasteiger partial charge in [-0.15, -0.1) is 0 Å². The van der Waals surface area contributed by atoms with Crippen molar-refractivity contribution in [3.05, 3.63) is 76.7 Å². The van der Waals surface area contributed by atoms with Crippen LogP contribution in [0, 0.1) is 0 Å². The summed E-state index contributed by atoms with van der Waals surface area (Å²) in [7, 11) is 0. The van der Waals surface area contributed by atoms with Gasteiger partial charge in [0.2, 0.25) is 5.91 Å². The van der Waals surface area contributed by atoms with Crippen LogP contribution >= 0.6 is 23.5 Å². The minimum atomic E-state index is -0.200. The molecule has 0 unspecified atom stereocenters. The Labute approximate surface area is 183 Å². The molecule has 1 heterocycles. The SMILES string of the molecule is CCCSCc1cc(=O)[nH]c(SCC(=O)Nc2ccc(Oc3ccccc3)cc2)n1. The second-order valence-electron chi connectivity index (χ2n) is 6.37. The summed E-state index contributed by atoms with van der Waals surface area (Å²) >= 11 is 2.94. The van der Waals surface area contributed by atoms with Gasteiger partial charge in [0.15, 0.2) is 5.16 Å². The van der Waals surface area contributed by atoms with Crippen LogP contribution in [-0.4, -0.2) is 27.4 Å². The Kier molecular flexibility index (Phi) is 8.41. The summed E-state index contributed by atoms with van der Waals surface area (Å²) in [6.45, 7) is 2.11. The number of hydrogen-bond acceptors (Lipinski definition) is 6. The minimum absolute atomic E-state index is 0.150. The zero-order valence-electron chi connectivity index (χ0n) is 16.6. The highest BCUT2D eigenvalue weighted by Crippen LogP contribution is 2.23. The van der Waals surface area contributed by atoms with Gasteiger partial charge in [0.25, 0.3) is 5.56 Å². The summed E-state index contributed by atoms with van der Waals surface area (Å²) in [5.74, 6) is 3.13. The molecule has 0 aliphatic carbocycles. The highest BCUT2D eigenvalue weighted by Gasteiger charge is 2.08. The molecule has 30 heavy (non-hydrogen) atoms. The lowest BCUT2D eigenvalue weighted by molar-refractivity contribution is -0.113. The first-order chi connectivity index (χ1) is 14.6. The summed E-state index contributed by atoms with van der Waals surface area (Å²) in [4.78, 5) is 31.2. The summed E-state index contributed by atoms with van der Waals surface area (Å²) in [6, 6.07) is 18.2. The van der Waals surface area contributed by atoms with Crippen LogP contribution in [0.5, 0.6) is 11.5 Å². The average Bonchev–Trinajstić information content (AvgIpc) is 2.74. The summed E-state index contributed by atoms with van der Waals surface area (Å²) < 4.78 is 5.74. The number of benzene rings is 2. The smallest absolute Gasteiger partial charge is 0.251 e. The molecular formula is C22H23N3O3S2. The van der Waals surface area contributed by atoms with E-state index < -0.39 is 0 Å². The van der Waals surface area contributed by atoms with Crippen molar-refractivity contribution in [1.82, 2.24) is 9.97 Å². The van der Waals surface area contributed by atoms with Crippen LogP contribution in [0.2, 0.25) is 0 Å². The number of carbonyl (C=O) groups excluding carboxylic acids is 1. The number of aromatic nitrogens is 2. The molecule has 1 aromatic heterocycles. The van der Waals surface area contributed by atoms with Crippen molar-refractivity contribution in [2.45, 2.75) is 24.3 Å². The van der Waals surface area contributed by atoms with Gasteiger partial charge in [-0.1, -0.05) is 36.9 Å². The Bertz CT molecular complexity index is 1010. The molecule has 8 heteroatoms. The van der Waals surface area contributed by atoms with Gasteiger partial charge in [-0.05, 0) is 48.6 Å². The van der Waals surface area contributed by atoms with Crippen molar-refractivity contribution in [2.24, 2.45) is 0 Å². The number of thioether (sulfide) groups is 2. The lowest BCUT2D eigenvalue weighted by Gasteiger charge is -2.08. The predicted octanol–water partition coefficient (Wildman–Crippen LogP) is 4.94. The lowest BCUT2D eigenvalue weighted by atomic mass is 10.3. The number of carbonyl (C=O) groups is 1. The van der Waals surface area contributed by atoms with E-state index in [9.17, 15) is 9.59 Å². The fraction of sp³-hybridized carbons (Fsp3) is 0.227. The number of nitrogens with zero attached hydrogens (tertiary/aromatic N) is 1. The minimum Gasteiger partial charge on any atom is -0.457 e. The Hall–Kier alpha value is -2.71. The van der Waals surface area contributed by atoms with Crippen LogP contribution < -0.4 is 15.6 Å². The molecule has 0 bridgehead atoms. The molecule has 0 spiro atoms. The van der Waals surface area contributed by atoms with Gasteiger partial charge in [0, 0.05) is 17.5 Å². The van der Waals surface area contributed by atoms with Crippen molar-refractivity contribution < 1.29 is 9.53 Å². The van der Waals surface area contributed by atoms with Crippen molar-refractivity contribution in [3.8, 4) is 11.5 Å². The molecule has 0 radical (unpaired) electrons. The van der Waals surface area contributed by atoms with E-state index in [1.807, 2.05) is 30.3 Å². The number of ether oxygens (including phenoxy) is 1. The van der Waals surface area contributed by atoms with Crippen LogP contribution in [0.15, 0.2) is 70.6 Å². The normalized spacial score (nSPS) is 10.6. The molecule has 0 saturated carbocycles. The predicted molar refractivity (Wildman–Crippen MR) is 124 cm³/mol. The molecular weight excluding hydrogens is 418 g/mol. The van der Waals surface area contributed by atoms with Crippen LogP contribution in [0.3, 0.4) is 0 Å². The van der Waals surface area contributed by atoms with E-state index >= 15 is 0 Å². The van der Waals surface area contributed by atoms with Crippen molar-refractivity contribution in [2.75, 3.05) is 16.8 Å². The van der Waals surface area contributed by atoms with E-state index in [-0.39, 0.29) is 17.2 Å². The monoisotopic (exact) mass is 441 g/mol. The molecule has 0 aliphatic heterocycles. The van der Waals surface area contributed by atoms with E-state index in [1.165, 1.54) is 17.8 Å². The van der Waals surface area contributed by atoms with Gasteiger partial charge in [-0.25, -0.2) is 4.98 Å². The standard InChI is InChI=1S/C22H23N3O3S2/c1-2-12-29-14-17-13-20(26)25-22(24-17)30-15-21(27)23-16-8-10-19(11-9-16)28-18-6-4-3-5-7-18/h3-11,13H,2,12,14-15H2,1H3,(H,23,27)(H,24,25,26). The zero-order valence-corrected chi connectivity index (χ0v) is 18.2. The lowest BCUT2D eigenvalue weighted by Crippen LogP contribution is -2.15. The van der Waals surface area contributed by atoms with Crippen LogP contribution in [0.1, 0.15) is 19.0 Å². The van der Waals surface area contributed by atoms with E-state index in [0.29, 0.717) is 22.3 Å². The Morgan fingerprint density at radius 1 is 1.10 bits per heavy atom. The third-order valence-electron chi connectivity index (χ3n) is 3.83. The Morgan fingerprint density at radius 3 is 2.57 bits per heavy atom. The number of rotatable bonds is 10. The van der Waals surface area contributed by atoms with E-state index in [1.54, 1.807) is 36.0 Å². The quantitative estimate of drug-likeness (QED) is 0.263. The van der Waals surface area contributed by atoms with Gasteiger partial charge >= 0.3 is 0 Å². The number of anilines is 1. The highest BCUT2D eigenvalue weighted by atomic mass is 32.2. The molecule has 2 aromatic carbocycles. The first kappa shape index (κ1) is 22.0. The Morgan fingerprint density at radius 2 is 1.83 bits per heavy atom. The maximum absolute atomic E-state index is 12.3. The second kappa shape index (κ2) is 11.5. The van der Waals surface area contributed by atoms with E-state index in [0.717, 1.165) is 23.6 Å². The highest BCUT2D eigenvalue weighted by molar-refractivity contribution is 7.99. The van der Waals surface area contributed by atoms with Crippen molar-refractivity contribution in [1.29, 1.82) is 0 Å². The second-order valence-corrected chi connectivity index (χ2v) is 8.44. The fourth-order valence-corrected chi connectivity index (χ4v) is 3.99. The number of hydrogen-bond donors (Lipinski definition) is 2. The van der Waals surface area contributed by atoms with Gasteiger partial charge in [0.05, 0.1) is 11.4 Å². The molecule has 6 nitrogen and oxygen atoms in total. The molecule has 2 N–H and O–H groups in total. The largest absolute Gasteiger partial charge is 0.457 e. The number of nitrogens with one attached hydrogen (secondary N) is 2. The molecule has 0 saturated heterocycles. The van der Waals surface area contributed by atoms with Gasteiger partial charge in [0.1, 0.15) is 11.5 Å². The van der Waals surface area contributed by atoms with E-state index in [2.05, 4.69) is 22.2 Å². The summed E-state index contributed by atoms with van der Waals surface area (Å²) in [5.41, 5.74) is 1.20. The maximum Gasteiger partial charge on any atom is 0.251 e. The number of aromatic amines is 1. The number of H-pyrrole nitrogens is 1. The number of para-hydroxylation sites is 1. The van der Waals surface area contributed by atoms with Crippen LogP contribution in [-0.2, 0) is 10.5 Å². The topological polar surface area (TPSA) is 84.1 Å². The van der Waals surface area contributed by atoms with E-state index in [4.69, 9.17) is 4.74 Å². The van der Waals surface area contributed by atoms with Gasteiger partial charge < -0.3 is 15.0 Å². The fourth-order valence-electron chi connectivity index (χ4n) is 2.51.